The summed E-state index contributed by atoms with van der Waals surface area (Å²) >= 11 is 0. The van der Waals surface area contributed by atoms with Gasteiger partial charge in [-0.1, -0.05) is 42.5 Å². The van der Waals surface area contributed by atoms with Crippen molar-refractivity contribution < 1.29 is 9.59 Å². The lowest BCUT2D eigenvalue weighted by Gasteiger charge is -2.40. The normalized spacial score (nSPS) is 20.3. The number of aryl methyl sites for hydroxylation is 1. The molecule has 38 heavy (non-hydrogen) atoms. The average molecular weight is 506 g/mol. The largest absolute Gasteiger partial charge is 0.350 e. The summed E-state index contributed by atoms with van der Waals surface area (Å²) in [6.07, 6.45) is 7.36. The summed E-state index contributed by atoms with van der Waals surface area (Å²) in [5, 5.41) is 7.30. The molecule has 2 saturated heterocycles. The highest BCUT2D eigenvalue weighted by Crippen LogP contribution is 2.38. The fraction of sp³-hybridized carbons (Fsp3) is 0.290. The molecule has 3 atom stereocenters. The number of pyridine rings is 2. The van der Waals surface area contributed by atoms with Gasteiger partial charge in [-0.05, 0) is 68.0 Å². The van der Waals surface area contributed by atoms with Gasteiger partial charge in [-0.15, -0.1) is 0 Å². The number of nitrogens with zero attached hydrogens (tertiary/aromatic N) is 3. The summed E-state index contributed by atoms with van der Waals surface area (Å²) in [6, 6.07) is 22.2. The van der Waals surface area contributed by atoms with Crippen LogP contribution in [-0.2, 0) is 6.54 Å². The van der Waals surface area contributed by atoms with E-state index in [4.69, 9.17) is 0 Å². The van der Waals surface area contributed by atoms with Gasteiger partial charge in [0.2, 0.25) is 0 Å². The lowest BCUT2D eigenvalue weighted by atomic mass is 9.96. The molecule has 0 saturated carbocycles. The minimum atomic E-state index is -0.128. The number of hydrogen-bond acceptors (Lipinski definition) is 5. The van der Waals surface area contributed by atoms with Gasteiger partial charge in [-0.3, -0.25) is 14.6 Å². The lowest BCUT2D eigenvalue weighted by molar-refractivity contribution is 0.0924. The molecule has 2 aromatic carbocycles. The maximum atomic E-state index is 13.2. The molecular weight excluding hydrogens is 474 g/mol. The zero-order valence-electron chi connectivity index (χ0n) is 21.4. The highest BCUT2D eigenvalue weighted by Gasteiger charge is 2.42. The van der Waals surface area contributed by atoms with E-state index in [1.54, 1.807) is 12.4 Å². The summed E-state index contributed by atoms with van der Waals surface area (Å²) in [4.78, 5) is 37.3. The van der Waals surface area contributed by atoms with E-state index in [0.717, 1.165) is 53.5 Å². The van der Waals surface area contributed by atoms with Gasteiger partial charge in [0.1, 0.15) is 5.82 Å². The number of carbonyl (C=O) groups is 2. The van der Waals surface area contributed by atoms with Crippen LogP contribution in [0.5, 0.6) is 0 Å². The van der Waals surface area contributed by atoms with Gasteiger partial charge in [0.05, 0.1) is 11.1 Å². The Morgan fingerprint density at radius 1 is 0.895 bits per heavy atom. The van der Waals surface area contributed by atoms with Gasteiger partial charge >= 0.3 is 0 Å². The molecule has 0 radical (unpaired) electrons. The monoisotopic (exact) mass is 505 g/mol. The third-order valence-electron chi connectivity index (χ3n) is 7.91. The van der Waals surface area contributed by atoms with Crippen molar-refractivity contribution in [1.82, 2.24) is 20.6 Å². The number of rotatable bonds is 6. The summed E-state index contributed by atoms with van der Waals surface area (Å²) < 4.78 is 0. The SMILES string of the molecule is Cc1c(C(=O)N[C@H]2C[C@H]3CC[C@@H](C2)N3c2ccc(C(=O)NCc3ccccc3)cn2)ccc2cccnc12. The van der Waals surface area contributed by atoms with E-state index in [0.29, 0.717) is 29.8 Å². The second kappa shape index (κ2) is 10.2. The molecule has 6 rings (SSSR count). The molecule has 2 aliphatic rings. The van der Waals surface area contributed by atoms with Crippen molar-refractivity contribution >= 4 is 28.5 Å². The number of fused-ring (bicyclic) bond motifs is 3. The zero-order valence-corrected chi connectivity index (χ0v) is 21.4. The summed E-state index contributed by atoms with van der Waals surface area (Å²) in [5.41, 5.74) is 4.09. The number of nitrogens with one attached hydrogen (secondary N) is 2. The van der Waals surface area contributed by atoms with Crippen LogP contribution < -0.4 is 15.5 Å². The average Bonchev–Trinajstić information content (AvgIpc) is 3.22. The third kappa shape index (κ3) is 4.72. The Morgan fingerprint density at radius 2 is 1.68 bits per heavy atom. The van der Waals surface area contributed by atoms with Gasteiger partial charge in [-0.2, -0.15) is 0 Å². The first-order chi connectivity index (χ1) is 18.6. The van der Waals surface area contributed by atoms with Gasteiger partial charge in [0.25, 0.3) is 11.8 Å². The molecule has 2 N–H and O–H groups in total. The topological polar surface area (TPSA) is 87.2 Å². The van der Waals surface area contributed by atoms with Gasteiger partial charge in [0.15, 0.2) is 0 Å². The second-order valence-corrected chi connectivity index (χ2v) is 10.3. The van der Waals surface area contributed by atoms with Crippen LogP contribution in [-0.4, -0.2) is 39.9 Å². The van der Waals surface area contributed by atoms with Crippen molar-refractivity contribution in [2.45, 2.75) is 57.3 Å². The Kier molecular flexibility index (Phi) is 6.50. The fourth-order valence-corrected chi connectivity index (χ4v) is 6.02. The first-order valence-corrected chi connectivity index (χ1v) is 13.3. The maximum Gasteiger partial charge on any atom is 0.253 e. The van der Waals surface area contributed by atoms with E-state index in [-0.39, 0.29) is 17.9 Å². The number of piperidine rings is 1. The molecule has 7 nitrogen and oxygen atoms in total. The molecule has 0 spiro atoms. The molecular formula is C31H31N5O2. The second-order valence-electron chi connectivity index (χ2n) is 10.3. The van der Waals surface area contributed by atoms with Crippen LogP contribution in [0.1, 0.15) is 57.5 Å². The zero-order chi connectivity index (χ0) is 26.1. The minimum Gasteiger partial charge on any atom is -0.350 e. The van der Waals surface area contributed by atoms with Crippen molar-refractivity contribution in [1.29, 1.82) is 0 Å². The fourth-order valence-electron chi connectivity index (χ4n) is 6.02. The van der Waals surface area contributed by atoms with Crippen LogP contribution in [0.4, 0.5) is 5.82 Å². The predicted octanol–water partition coefficient (Wildman–Crippen LogP) is 4.80. The molecule has 2 fully saturated rings. The van der Waals surface area contributed by atoms with E-state index < -0.39 is 0 Å². The number of aromatic nitrogens is 2. The van der Waals surface area contributed by atoms with E-state index in [1.165, 1.54) is 0 Å². The molecule has 2 amide bonds. The van der Waals surface area contributed by atoms with Crippen molar-refractivity contribution in [2.75, 3.05) is 4.90 Å². The molecule has 4 aromatic rings. The number of carbonyl (C=O) groups excluding carboxylic acids is 2. The standard InChI is InChI=1S/C31H31N5O2/c1-20-27(13-9-22-8-5-15-32-29(20)22)31(38)35-24-16-25-11-12-26(17-24)36(25)28-14-10-23(19-33-28)30(37)34-18-21-6-3-2-4-7-21/h2-10,13-15,19,24-26H,11-12,16-18H2,1H3,(H,34,37)(H,35,38)/t24-,25+,26-. The van der Waals surface area contributed by atoms with Gasteiger partial charge in [-0.25, -0.2) is 4.98 Å². The van der Waals surface area contributed by atoms with Crippen LogP contribution >= 0.6 is 0 Å². The predicted molar refractivity (Wildman–Crippen MR) is 148 cm³/mol. The van der Waals surface area contributed by atoms with Crippen molar-refractivity contribution in [2.24, 2.45) is 0 Å². The summed E-state index contributed by atoms with van der Waals surface area (Å²) in [5.74, 6) is 0.742. The van der Waals surface area contributed by atoms with E-state index in [9.17, 15) is 9.59 Å². The van der Waals surface area contributed by atoms with Crippen molar-refractivity contribution in [3.05, 3.63) is 101 Å². The Balaban J connectivity index is 1.09. The van der Waals surface area contributed by atoms with Crippen LogP contribution in [0.3, 0.4) is 0 Å². The van der Waals surface area contributed by atoms with Crippen LogP contribution in [0, 0.1) is 6.92 Å². The molecule has 2 aliphatic heterocycles. The molecule has 0 aliphatic carbocycles. The van der Waals surface area contributed by atoms with Gasteiger partial charge < -0.3 is 15.5 Å². The number of amides is 2. The van der Waals surface area contributed by atoms with E-state index in [2.05, 4.69) is 25.5 Å². The third-order valence-corrected chi connectivity index (χ3v) is 7.91. The van der Waals surface area contributed by atoms with Gasteiger partial charge in [0, 0.05) is 48.0 Å². The molecule has 192 valence electrons. The Morgan fingerprint density at radius 3 is 2.42 bits per heavy atom. The Labute approximate surface area is 222 Å². The molecule has 7 heteroatoms. The first kappa shape index (κ1) is 24.1. The molecule has 0 unspecified atom stereocenters. The minimum absolute atomic E-state index is 0.0307. The van der Waals surface area contributed by atoms with E-state index >= 15 is 0 Å². The summed E-state index contributed by atoms with van der Waals surface area (Å²) in [7, 11) is 0. The van der Waals surface area contributed by atoms with Crippen molar-refractivity contribution in [3.63, 3.8) is 0 Å². The Bertz CT molecular complexity index is 1460. The van der Waals surface area contributed by atoms with Crippen LogP contribution in [0.25, 0.3) is 10.9 Å². The summed E-state index contributed by atoms with van der Waals surface area (Å²) in [6.45, 7) is 2.45. The van der Waals surface area contributed by atoms with Crippen LogP contribution in [0.2, 0.25) is 0 Å². The van der Waals surface area contributed by atoms with Crippen molar-refractivity contribution in [3.8, 4) is 0 Å². The van der Waals surface area contributed by atoms with Crippen LogP contribution in [0.15, 0.2) is 79.1 Å². The maximum absolute atomic E-state index is 13.2. The lowest BCUT2D eigenvalue weighted by Crippen LogP contribution is -2.50. The molecule has 2 bridgehead atoms. The van der Waals surface area contributed by atoms with E-state index in [1.807, 2.05) is 73.7 Å². The number of hydrogen-bond donors (Lipinski definition) is 2. The first-order valence-electron chi connectivity index (χ1n) is 13.3. The Hall–Kier alpha value is -4.26. The smallest absolute Gasteiger partial charge is 0.253 e. The molecule has 4 heterocycles. The molecule has 2 aromatic heterocycles. The number of anilines is 1. The highest BCUT2D eigenvalue weighted by atomic mass is 16.2. The highest BCUT2D eigenvalue weighted by molar-refractivity contribution is 6.00. The number of benzene rings is 2. The quantitative estimate of drug-likeness (QED) is 0.393.